The summed E-state index contributed by atoms with van der Waals surface area (Å²) in [6, 6.07) is 0.992. The van der Waals surface area contributed by atoms with Crippen molar-refractivity contribution in [2.75, 3.05) is 0 Å². The first-order valence-corrected chi connectivity index (χ1v) is 21.3. The summed E-state index contributed by atoms with van der Waals surface area (Å²) in [6.07, 6.45) is 0. The van der Waals surface area contributed by atoms with E-state index < -0.39 is 44.5 Å². The molecule has 0 spiro atoms. The number of rotatable bonds is 9. The lowest BCUT2D eigenvalue weighted by Crippen LogP contribution is -2.51. The highest BCUT2D eigenvalue weighted by atomic mass is 28.5. The van der Waals surface area contributed by atoms with E-state index in [9.17, 15) is 0 Å². The molecule has 0 radical (unpaired) electrons. The molecule has 0 amide bonds. The van der Waals surface area contributed by atoms with Crippen LogP contribution >= 0.6 is 0 Å². The molecule has 0 aliphatic rings. The van der Waals surface area contributed by atoms with Gasteiger partial charge in [-0.25, -0.2) is 0 Å². The van der Waals surface area contributed by atoms with Crippen molar-refractivity contribution in [3.8, 4) is 0 Å². The van der Waals surface area contributed by atoms with Gasteiger partial charge in [0, 0.05) is 0 Å². The molecular weight excluding hydrogens is 361 g/mol. The van der Waals surface area contributed by atoms with E-state index in [0.29, 0.717) is 0 Å². The third-order valence-corrected chi connectivity index (χ3v) is 19.2. The zero-order chi connectivity index (χ0) is 17.8. The zero-order valence-corrected chi connectivity index (χ0v) is 22.0. The van der Waals surface area contributed by atoms with Crippen LogP contribution in [0.4, 0.5) is 0 Å². The third kappa shape index (κ3) is 12.4. The van der Waals surface area contributed by atoms with E-state index in [2.05, 4.69) is 73.1 Å². The van der Waals surface area contributed by atoms with Crippen LogP contribution in [-0.4, -0.2) is 44.5 Å². The number of hydrogen-bond donors (Lipinski definition) is 0. The SMILES string of the molecule is C[SiH](C)O[Si](C)(C)O[SiH](CC(C)(C)C)O[Si](C)(C)O[SiH](C)C. The van der Waals surface area contributed by atoms with Gasteiger partial charge in [0.15, 0.2) is 18.1 Å². The van der Waals surface area contributed by atoms with Crippen molar-refractivity contribution in [1.82, 2.24) is 0 Å². The molecular formula is C13H38O4Si5. The zero-order valence-electron chi connectivity index (χ0n) is 16.6. The van der Waals surface area contributed by atoms with Crippen LogP contribution in [0.15, 0.2) is 0 Å². The topological polar surface area (TPSA) is 36.9 Å². The second kappa shape index (κ2) is 8.86. The summed E-state index contributed by atoms with van der Waals surface area (Å²) in [7, 11) is -8.18. The predicted octanol–water partition coefficient (Wildman–Crippen LogP) is 3.69. The lowest BCUT2D eigenvalue weighted by Gasteiger charge is -2.37. The molecule has 0 heterocycles. The van der Waals surface area contributed by atoms with Crippen molar-refractivity contribution in [3.05, 3.63) is 0 Å². The van der Waals surface area contributed by atoms with Crippen LogP contribution in [-0.2, 0) is 16.5 Å². The molecule has 0 atom stereocenters. The normalized spacial score (nSPS) is 14.5. The molecule has 0 aromatic heterocycles. The maximum Gasteiger partial charge on any atom is 0.312 e. The van der Waals surface area contributed by atoms with Gasteiger partial charge in [0.05, 0.1) is 0 Å². The fourth-order valence-electron chi connectivity index (χ4n) is 2.43. The lowest BCUT2D eigenvalue weighted by molar-refractivity contribution is 0.301. The maximum absolute atomic E-state index is 6.48. The summed E-state index contributed by atoms with van der Waals surface area (Å²) in [6.45, 7) is 24.2. The number of hydrogen-bond acceptors (Lipinski definition) is 4. The minimum absolute atomic E-state index is 0.205. The summed E-state index contributed by atoms with van der Waals surface area (Å²) >= 11 is 0. The molecule has 9 heteroatoms. The van der Waals surface area contributed by atoms with Gasteiger partial charge in [-0.3, -0.25) is 0 Å². The largest absolute Gasteiger partial charge is 0.440 e. The van der Waals surface area contributed by atoms with E-state index in [-0.39, 0.29) is 5.41 Å². The quantitative estimate of drug-likeness (QED) is 0.555. The summed E-state index contributed by atoms with van der Waals surface area (Å²) in [4.78, 5) is 0. The summed E-state index contributed by atoms with van der Waals surface area (Å²) in [5.41, 5.74) is 0.205. The van der Waals surface area contributed by atoms with E-state index in [4.69, 9.17) is 16.5 Å². The van der Waals surface area contributed by atoms with E-state index in [1.54, 1.807) is 0 Å². The monoisotopic (exact) mass is 398 g/mol. The van der Waals surface area contributed by atoms with Gasteiger partial charge in [0.1, 0.15) is 0 Å². The molecule has 0 aromatic rings. The second-order valence-corrected chi connectivity index (χ2v) is 23.4. The van der Waals surface area contributed by atoms with Gasteiger partial charge in [-0.05, 0) is 63.8 Å². The minimum Gasteiger partial charge on any atom is -0.440 e. The summed E-state index contributed by atoms with van der Waals surface area (Å²) in [5.74, 6) is 0. The van der Waals surface area contributed by atoms with Crippen molar-refractivity contribution in [2.24, 2.45) is 5.41 Å². The lowest BCUT2D eigenvalue weighted by atomic mass is 10.0. The van der Waals surface area contributed by atoms with Crippen LogP contribution in [0.3, 0.4) is 0 Å². The smallest absolute Gasteiger partial charge is 0.312 e. The molecule has 0 saturated carbocycles. The van der Waals surface area contributed by atoms with Gasteiger partial charge in [0.25, 0.3) is 0 Å². The Labute approximate surface area is 145 Å². The van der Waals surface area contributed by atoms with E-state index in [0.717, 1.165) is 6.04 Å². The van der Waals surface area contributed by atoms with Crippen molar-refractivity contribution in [3.63, 3.8) is 0 Å². The molecule has 22 heavy (non-hydrogen) atoms. The van der Waals surface area contributed by atoms with Crippen LogP contribution in [0.5, 0.6) is 0 Å². The van der Waals surface area contributed by atoms with Crippen LogP contribution in [0.25, 0.3) is 0 Å². The Morgan fingerprint density at radius 1 is 0.682 bits per heavy atom. The van der Waals surface area contributed by atoms with Crippen LogP contribution in [0, 0.1) is 5.41 Å². The Balaban J connectivity index is 4.98. The average Bonchev–Trinajstić information content (AvgIpc) is 2.05. The van der Waals surface area contributed by atoms with Crippen LogP contribution in [0.2, 0.25) is 58.4 Å². The first-order valence-electron chi connectivity index (χ1n) is 8.33. The molecule has 4 nitrogen and oxygen atoms in total. The molecule has 0 aromatic carbocycles. The first kappa shape index (κ1) is 22.9. The predicted molar refractivity (Wildman–Crippen MR) is 108 cm³/mol. The average molecular weight is 399 g/mol. The maximum atomic E-state index is 6.48. The minimum atomic E-state index is -2.09. The van der Waals surface area contributed by atoms with Gasteiger partial charge in [0.2, 0.25) is 0 Å². The Bertz CT molecular complexity index is 305. The Hall–Kier alpha value is 0.924. The van der Waals surface area contributed by atoms with E-state index in [1.165, 1.54) is 0 Å². The van der Waals surface area contributed by atoms with Gasteiger partial charge in [-0.1, -0.05) is 20.8 Å². The van der Waals surface area contributed by atoms with Crippen molar-refractivity contribution in [2.45, 2.75) is 79.2 Å². The third-order valence-electron chi connectivity index (χ3n) is 2.65. The first-order chi connectivity index (χ1) is 9.62. The van der Waals surface area contributed by atoms with Crippen molar-refractivity contribution < 1.29 is 16.5 Å². The molecule has 0 N–H and O–H groups in total. The molecule has 0 aliphatic heterocycles. The molecule has 134 valence electrons. The molecule has 0 unspecified atom stereocenters. The van der Waals surface area contributed by atoms with Crippen LogP contribution < -0.4 is 0 Å². The van der Waals surface area contributed by atoms with Crippen LogP contribution in [0.1, 0.15) is 20.8 Å². The van der Waals surface area contributed by atoms with Gasteiger partial charge >= 0.3 is 26.4 Å². The summed E-state index contributed by atoms with van der Waals surface area (Å²) in [5, 5.41) is 0. The van der Waals surface area contributed by atoms with E-state index >= 15 is 0 Å². The molecule has 0 rings (SSSR count). The fourth-order valence-corrected chi connectivity index (χ4v) is 20.3. The Morgan fingerprint density at radius 3 is 1.23 bits per heavy atom. The van der Waals surface area contributed by atoms with Crippen molar-refractivity contribution in [1.29, 1.82) is 0 Å². The molecule has 0 bridgehead atoms. The molecule has 0 aliphatic carbocycles. The fraction of sp³-hybridized carbons (Fsp3) is 1.00. The molecule has 0 saturated heterocycles. The highest BCUT2D eigenvalue weighted by Crippen LogP contribution is 2.27. The molecule has 0 fully saturated rings. The van der Waals surface area contributed by atoms with Gasteiger partial charge in [-0.2, -0.15) is 0 Å². The second-order valence-electron chi connectivity index (χ2n) is 8.56. The highest BCUT2D eigenvalue weighted by molar-refractivity contribution is 6.82. The highest BCUT2D eigenvalue weighted by Gasteiger charge is 2.38. The summed E-state index contributed by atoms with van der Waals surface area (Å²) < 4.78 is 25.3. The Kier molecular flexibility index (Phi) is 9.23. The van der Waals surface area contributed by atoms with Gasteiger partial charge < -0.3 is 16.5 Å². The van der Waals surface area contributed by atoms with Gasteiger partial charge in [-0.15, -0.1) is 0 Å². The van der Waals surface area contributed by atoms with Crippen molar-refractivity contribution >= 4 is 44.5 Å². The van der Waals surface area contributed by atoms with E-state index in [1.807, 2.05) is 0 Å². The Morgan fingerprint density at radius 2 is 1.00 bits per heavy atom. The standard InChI is InChI=1S/C13H38O4Si5/c1-13(2,3)12-20(16-21(8,9)14-18(4)5)17-22(10,11)15-19(6)7/h18-20H,12H2,1-11H3.